The van der Waals surface area contributed by atoms with Crippen molar-refractivity contribution >= 4 is 11.9 Å². The van der Waals surface area contributed by atoms with E-state index in [2.05, 4.69) is 5.32 Å². The Morgan fingerprint density at radius 1 is 1.39 bits per heavy atom. The average Bonchev–Trinajstić information content (AvgIpc) is 2.82. The van der Waals surface area contributed by atoms with Crippen LogP contribution in [-0.4, -0.2) is 30.7 Å². The maximum Gasteiger partial charge on any atom is 0.231 e. The summed E-state index contributed by atoms with van der Waals surface area (Å²) in [4.78, 5) is 1.24. The minimum atomic E-state index is -0.182. The van der Waals surface area contributed by atoms with Crippen molar-refractivity contribution in [3.63, 3.8) is 0 Å². The second-order valence-corrected chi connectivity index (χ2v) is 3.83. The first-order valence-electron chi connectivity index (χ1n) is 5.36. The van der Waals surface area contributed by atoms with Gasteiger partial charge in [0.1, 0.15) is 0 Å². The van der Waals surface area contributed by atoms with Crippen molar-refractivity contribution in [3.8, 4) is 11.5 Å². The smallest absolute Gasteiger partial charge is 0.231 e. The molecule has 18 heavy (non-hydrogen) atoms. The van der Waals surface area contributed by atoms with E-state index in [1.54, 1.807) is 7.05 Å². The van der Waals surface area contributed by atoms with Gasteiger partial charge in [-0.3, -0.25) is 15.7 Å². The van der Waals surface area contributed by atoms with Gasteiger partial charge in [-0.2, -0.15) is 0 Å². The Bertz CT molecular complexity index is 488. The van der Waals surface area contributed by atoms with Gasteiger partial charge in [-0.1, -0.05) is 6.07 Å². The third kappa shape index (κ3) is 2.45. The summed E-state index contributed by atoms with van der Waals surface area (Å²) < 4.78 is 10.5. The van der Waals surface area contributed by atoms with Crippen molar-refractivity contribution in [3.05, 3.63) is 23.8 Å². The molecular formula is C11H15N5O2. The number of nitrogens with zero attached hydrogens (tertiary/aromatic N) is 1. The number of hydrogen-bond acceptors (Lipinski definition) is 4. The van der Waals surface area contributed by atoms with E-state index in [4.69, 9.17) is 26.0 Å². The van der Waals surface area contributed by atoms with E-state index >= 15 is 0 Å². The van der Waals surface area contributed by atoms with Crippen molar-refractivity contribution < 1.29 is 9.47 Å². The zero-order valence-corrected chi connectivity index (χ0v) is 9.99. The maximum absolute atomic E-state index is 7.67. The fourth-order valence-electron chi connectivity index (χ4n) is 1.48. The van der Waals surface area contributed by atoms with Crippen LogP contribution in [0.25, 0.3) is 0 Å². The monoisotopic (exact) mass is 249 g/mol. The molecule has 0 saturated heterocycles. The molecule has 0 radical (unpaired) electrons. The van der Waals surface area contributed by atoms with Crippen LogP contribution in [0.1, 0.15) is 5.56 Å². The van der Waals surface area contributed by atoms with Gasteiger partial charge in [0.15, 0.2) is 23.4 Å². The highest BCUT2D eigenvalue weighted by Gasteiger charge is 2.13. The molecule has 2 rings (SSSR count). The summed E-state index contributed by atoms with van der Waals surface area (Å²) in [6, 6.07) is 5.58. The van der Waals surface area contributed by atoms with Gasteiger partial charge >= 0.3 is 0 Å². The van der Waals surface area contributed by atoms with Crippen LogP contribution in [0.4, 0.5) is 0 Å². The summed E-state index contributed by atoms with van der Waals surface area (Å²) >= 11 is 0. The van der Waals surface area contributed by atoms with Crippen LogP contribution >= 0.6 is 0 Å². The quantitative estimate of drug-likeness (QED) is 0.444. The van der Waals surface area contributed by atoms with Gasteiger partial charge in [0.25, 0.3) is 0 Å². The first kappa shape index (κ1) is 12.0. The molecule has 0 saturated carbocycles. The molecule has 0 spiro atoms. The second-order valence-electron chi connectivity index (χ2n) is 3.83. The Balaban J connectivity index is 1.94. The number of nitrogens with one attached hydrogen (secondary N) is 3. The van der Waals surface area contributed by atoms with Crippen molar-refractivity contribution in [1.82, 2.24) is 10.2 Å². The topological polar surface area (TPSA) is 107 Å². The molecule has 1 aromatic rings. The minimum Gasteiger partial charge on any atom is -0.454 e. The molecule has 0 bridgehead atoms. The summed E-state index contributed by atoms with van der Waals surface area (Å²) in [5.41, 5.74) is 6.23. The van der Waals surface area contributed by atoms with Crippen LogP contribution in [0.15, 0.2) is 18.2 Å². The van der Waals surface area contributed by atoms with E-state index in [1.807, 2.05) is 18.2 Å². The summed E-state index contributed by atoms with van der Waals surface area (Å²) in [5.74, 6) is 1.33. The molecule has 7 nitrogen and oxygen atoms in total. The number of rotatable bonds is 2. The highest BCUT2D eigenvalue weighted by Crippen LogP contribution is 2.32. The van der Waals surface area contributed by atoms with Crippen molar-refractivity contribution in [2.24, 2.45) is 5.73 Å². The summed E-state index contributed by atoms with van der Waals surface area (Å²) in [5, 5.41) is 17.7. The highest BCUT2D eigenvalue weighted by atomic mass is 16.7. The van der Waals surface area contributed by atoms with Crippen LogP contribution in [0, 0.1) is 10.8 Å². The van der Waals surface area contributed by atoms with Gasteiger partial charge in [0, 0.05) is 13.6 Å². The van der Waals surface area contributed by atoms with Gasteiger partial charge in [-0.05, 0) is 17.7 Å². The Labute approximate surface area is 104 Å². The number of ether oxygens (including phenoxy) is 2. The number of guanidine groups is 2. The molecule has 0 aliphatic carbocycles. The third-order valence-corrected chi connectivity index (χ3v) is 2.59. The van der Waals surface area contributed by atoms with Crippen LogP contribution in [0.5, 0.6) is 11.5 Å². The third-order valence-electron chi connectivity index (χ3n) is 2.59. The Hall–Kier alpha value is -2.44. The Morgan fingerprint density at radius 3 is 2.83 bits per heavy atom. The van der Waals surface area contributed by atoms with E-state index in [1.165, 1.54) is 4.90 Å². The van der Waals surface area contributed by atoms with Crippen LogP contribution in [-0.2, 0) is 6.54 Å². The predicted molar refractivity (Wildman–Crippen MR) is 66.8 cm³/mol. The molecule has 1 aromatic carbocycles. The first-order valence-corrected chi connectivity index (χ1v) is 5.36. The van der Waals surface area contributed by atoms with Crippen molar-refractivity contribution in [2.45, 2.75) is 6.54 Å². The maximum atomic E-state index is 7.67. The van der Waals surface area contributed by atoms with Gasteiger partial charge in [-0.25, -0.2) is 0 Å². The lowest BCUT2D eigenvalue weighted by Gasteiger charge is -2.18. The zero-order valence-electron chi connectivity index (χ0n) is 9.99. The summed E-state index contributed by atoms with van der Waals surface area (Å²) in [7, 11) is 1.55. The fraction of sp³-hybridized carbons (Fsp3) is 0.273. The standard InChI is InChI=1S/C11H15N5O2/c1-16(10(12)13)11(14)15-5-7-2-3-8-9(4-7)18-6-17-8/h2-4H,5-6H2,1H3,(H3,12,13)(H2,14,15). The lowest BCUT2D eigenvalue weighted by Crippen LogP contribution is -2.44. The Morgan fingerprint density at radius 2 is 2.11 bits per heavy atom. The second kappa shape index (κ2) is 4.82. The molecule has 7 heteroatoms. The SMILES string of the molecule is CN(C(=N)N)C(=N)NCc1ccc2c(c1)OCO2. The van der Waals surface area contributed by atoms with Gasteiger partial charge < -0.3 is 20.5 Å². The molecule has 1 aliphatic heterocycles. The van der Waals surface area contributed by atoms with E-state index in [0.29, 0.717) is 12.3 Å². The van der Waals surface area contributed by atoms with E-state index in [0.717, 1.165) is 11.3 Å². The zero-order chi connectivity index (χ0) is 13.1. The summed E-state index contributed by atoms with van der Waals surface area (Å²) in [6.45, 7) is 0.697. The molecule has 96 valence electrons. The lowest BCUT2D eigenvalue weighted by molar-refractivity contribution is 0.174. The van der Waals surface area contributed by atoms with E-state index in [-0.39, 0.29) is 18.7 Å². The van der Waals surface area contributed by atoms with Gasteiger partial charge in [0.2, 0.25) is 6.79 Å². The lowest BCUT2D eigenvalue weighted by atomic mass is 10.2. The molecule has 1 aliphatic rings. The molecule has 1 heterocycles. The summed E-state index contributed by atoms with van der Waals surface area (Å²) in [6.07, 6.45) is 0. The number of nitrogens with two attached hydrogens (primary N) is 1. The minimum absolute atomic E-state index is 0.0696. The number of hydrogen-bond donors (Lipinski definition) is 4. The van der Waals surface area contributed by atoms with Crippen LogP contribution < -0.4 is 20.5 Å². The van der Waals surface area contributed by atoms with Gasteiger partial charge in [0.05, 0.1) is 0 Å². The average molecular weight is 249 g/mol. The molecule has 0 aromatic heterocycles. The number of fused-ring (bicyclic) bond motifs is 1. The van der Waals surface area contributed by atoms with Crippen molar-refractivity contribution in [1.29, 1.82) is 10.8 Å². The van der Waals surface area contributed by atoms with Crippen molar-refractivity contribution in [2.75, 3.05) is 13.8 Å². The van der Waals surface area contributed by atoms with Crippen LogP contribution in [0.2, 0.25) is 0 Å². The molecule has 0 amide bonds. The normalized spacial score (nSPS) is 12.1. The largest absolute Gasteiger partial charge is 0.454 e. The van der Waals surface area contributed by atoms with E-state index in [9.17, 15) is 0 Å². The fourth-order valence-corrected chi connectivity index (χ4v) is 1.48. The predicted octanol–water partition coefficient (Wildman–Crippen LogP) is 0.265. The molecule has 5 N–H and O–H groups in total. The molecule has 0 fully saturated rings. The van der Waals surface area contributed by atoms with Gasteiger partial charge in [-0.15, -0.1) is 0 Å². The molecular weight excluding hydrogens is 234 g/mol. The first-order chi connectivity index (χ1) is 8.58. The van der Waals surface area contributed by atoms with Crippen LogP contribution in [0.3, 0.4) is 0 Å². The number of benzene rings is 1. The Kier molecular flexibility index (Phi) is 3.22. The highest BCUT2D eigenvalue weighted by molar-refractivity contribution is 5.94. The molecule has 0 unspecified atom stereocenters. The molecule has 0 atom stereocenters. The van der Waals surface area contributed by atoms with E-state index < -0.39 is 0 Å².